The predicted molar refractivity (Wildman–Crippen MR) is 70.4 cm³/mol. The fourth-order valence-corrected chi connectivity index (χ4v) is 3.11. The van der Waals surface area contributed by atoms with Crippen LogP contribution < -0.4 is 4.90 Å². The first-order chi connectivity index (χ1) is 8.07. The molecule has 0 aromatic heterocycles. The normalized spacial score (nSPS) is 20.3. The zero-order valence-electron chi connectivity index (χ0n) is 10.7. The average Bonchev–Trinajstić information content (AvgIpc) is 2.58. The first-order valence-corrected chi connectivity index (χ1v) is 6.69. The van der Waals surface area contributed by atoms with Gasteiger partial charge >= 0.3 is 0 Å². The number of hydrogen-bond acceptors (Lipinski definition) is 2. The van der Waals surface area contributed by atoms with Crippen LogP contribution in [0.15, 0.2) is 18.2 Å². The van der Waals surface area contributed by atoms with Gasteiger partial charge in [0.05, 0.1) is 5.60 Å². The zero-order valence-corrected chi connectivity index (χ0v) is 10.7. The fraction of sp³-hybridized carbons (Fsp3) is 0.600. The quantitative estimate of drug-likeness (QED) is 0.846. The molecular formula is C15H21NO. The standard InChI is InChI=1S/C15H21NO/c1-15(2,17)13-7-4-8-14-12(13)9-10-16(14)11-5-3-6-11/h4,7-8,11,17H,3,5-6,9-10H2,1-2H3. The fourth-order valence-electron chi connectivity index (χ4n) is 3.11. The van der Waals surface area contributed by atoms with Crippen LogP contribution in [-0.2, 0) is 12.0 Å². The molecule has 1 aliphatic carbocycles. The van der Waals surface area contributed by atoms with Gasteiger partial charge in [-0.05, 0) is 56.7 Å². The molecule has 1 N–H and O–H groups in total. The first-order valence-electron chi connectivity index (χ1n) is 6.69. The van der Waals surface area contributed by atoms with Crippen LogP contribution in [0.3, 0.4) is 0 Å². The summed E-state index contributed by atoms with van der Waals surface area (Å²) in [5, 5.41) is 10.2. The van der Waals surface area contributed by atoms with Crippen LogP contribution in [0.4, 0.5) is 5.69 Å². The number of rotatable bonds is 2. The minimum atomic E-state index is -0.721. The Bertz CT molecular complexity index is 429. The summed E-state index contributed by atoms with van der Waals surface area (Å²) in [7, 11) is 0. The molecule has 0 bridgehead atoms. The van der Waals surface area contributed by atoms with Crippen molar-refractivity contribution in [1.29, 1.82) is 0 Å². The molecule has 2 heteroatoms. The lowest BCUT2D eigenvalue weighted by atomic mass is 9.90. The molecule has 17 heavy (non-hydrogen) atoms. The number of anilines is 1. The van der Waals surface area contributed by atoms with E-state index in [2.05, 4.69) is 23.1 Å². The van der Waals surface area contributed by atoms with E-state index < -0.39 is 5.60 Å². The lowest BCUT2D eigenvalue weighted by molar-refractivity contribution is 0.0778. The molecule has 1 saturated carbocycles. The van der Waals surface area contributed by atoms with Gasteiger partial charge in [-0.1, -0.05) is 12.1 Å². The van der Waals surface area contributed by atoms with E-state index in [9.17, 15) is 5.11 Å². The second-order valence-electron chi connectivity index (χ2n) is 5.89. The summed E-state index contributed by atoms with van der Waals surface area (Å²) in [5.41, 5.74) is 3.12. The third-order valence-electron chi connectivity index (χ3n) is 4.24. The molecule has 92 valence electrons. The van der Waals surface area contributed by atoms with Gasteiger partial charge in [-0.3, -0.25) is 0 Å². The minimum absolute atomic E-state index is 0.721. The van der Waals surface area contributed by atoms with E-state index in [4.69, 9.17) is 0 Å². The molecule has 1 aliphatic heterocycles. The van der Waals surface area contributed by atoms with Crippen molar-refractivity contribution < 1.29 is 5.11 Å². The molecule has 2 aliphatic rings. The topological polar surface area (TPSA) is 23.5 Å². The van der Waals surface area contributed by atoms with Crippen molar-refractivity contribution in [3.8, 4) is 0 Å². The maximum Gasteiger partial charge on any atom is 0.0843 e. The summed E-state index contributed by atoms with van der Waals surface area (Å²) >= 11 is 0. The Kier molecular flexibility index (Phi) is 2.44. The highest BCUT2D eigenvalue weighted by Crippen LogP contribution is 2.39. The predicted octanol–water partition coefficient (Wildman–Crippen LogP) is 2.83. The van der Waals surface area contributed by atoms with Gasteiger partial charge < -0.3 is 10.0 Å². The summed E-state index contributed by atoms with van der Waals surface area (Å²) in [6, 6.07) is 7.13. The van der Waals surface area contributed by atoms with Gasteiger partial charge in [-0.15, -0.1) is 0 Å². The molecular weight excluding hydrogens is 210 g/mol. The molecule has 0 saturated heterocycles. The van der Waals surface area contributed by atoms with E-state index in [0.717, 1.165) is 24.6 Å². The Balaban J connectivity index is 1.99. The monoisotopic (exact) mass is 231 g/mol. The highest BCUT2D eigenvalue weighted by Gasteiger charge is 2.33. The number of aliphatic hydroxyl groups is 1. The Morgan fingerprint density at radius 3 is 2.65 bits per heavy atom. The molecule has 2 nitrogen and oxygen atoms in total. The molecule has 0 unspecified atom stereocenters. The van der Waals surface area contributed by atoms with Crippen molar-refractivity contribution in [3.63, 3.8) is 0 Å². The highest BCUT2D eigenvalue weighted by molar-refractivity contribution is 5.62. The smallest absolute Gasteiger partial charge is 0.0843 e. The van der Waals surface area contributed by atoms with Gasteiger partial charge in [0.2, 0.25) is 0 Å². The van der Waals surface area contributed by atoms with Crippen molar-refractivity contribution in [2.75, 3.05) is 11.4 Å². The molecule has 0 radical (unpaired) electrons. The van der Waals surface area contributed by atoms with Crippen LogP contribution in [0.1, 0.15) is 44.2 Å². The summed E-state index contributed by atoms with van der Waals surface area (Å²) in [4.78, 5) is 2.55. The van der Waals surface area contributed by atoms with E-state index in [1.54, 1.807) is 0 Å². The number of nitrogens with zero attached hydrogens (tertiary/aromatic N) is 1. The van der Waals surface area contributed by atoms with Gasteiger partial charge in [0.25, 0.3) is 0 Å². The number of fused-ring (bicyclic) bond motifs is 1. The van der Waals surface area contributed by atoms with Crippen molar-refractivity contribution in [2.24, 2.45) is 0 Å². The largest absolute Gasteiger partial charge is 0.386 e. The Labute approximate surface area is 103 Å². The Hall–Kier alpha value is -1.02. The summed E-state index contributed by atoms with van der Waals surface area (Å²) in [6.45, 7) is 4.90. The molecule has 0 amide bonds. The molecule has 0 spiro atoms. The van der Waals surface area contributed by atoms with E-state index in [1.807, 2.05) is 13.8 Å². The van der Waals surface area contributed by atoms with Crippen LogP contribution in [0.25, 0.3) is 0 Å². The number of hydrogen-bond donors (Lipinski definition) is 1. The lowest BCUT2D eigenvalue weighted by Gasteiger charge is -2.37. The van der Waals surface area contributed by atoms with Gasteiger partial charge in [-0.25, -0.2) is 0 Å². The van der Waals surface area contributed by atoms with Crippen LogP contribution in [0, 0.1) is 0 Å². The Morgan fingerprint density at radius 2 is 2.06 bits per heavy atom. The average molecular weight is 231 g/mol. The molecule has 1 aromatic rings. The molecule has 0 atom stereocenters. The molecule has 1 heterocycles. The molecule has 1 fully saturated rings. The van der Waals surface area contributed by atoms with Crippen LogP contribution in [0.5, 0.6) is 0 Å². The first kappa shape index (κ1) is 11.1. The highest BCUT2D eigenvalue weighted by atomic mass is 16.3. The van der Waals surface area contributed by atoms with E-state index in [1.165, 1.54) is 30.5 Å². The lowest BCUT2D eigenvalue weighted by Crippen LogP contribution is -2.38. The van der Waals surface area contributed by atoms with Gasteiger partial charge in [0.15, 0.2) is 0 Å². The SMILES string of the molecule is CC(C)(O)c1cccc2c1CCN2C1CCC1. The summed E-state index contributed by atoms with van der Waals surface area (Å²) in [5.74, 6) is 0. The van der Waals surface area contributed by atoms with Gasteiger partial charge in [0.1, 0.15) is 0 Å². The van der Waals surface area contributed by atoms with Crippen LogP contribution in [0.2, 0.25) is 0 Å². The summed E-state index contributed by atoms with van der Waals surface area (Å²) in [6.07, 6.45) is 5.14. The van der Waals surface area contributed by atoms with E-state index >= 15 is 0 Å². The van der Waals surface area contributed by atoms with Crippen molar-refractivity contribution in [3.05, 3.63) is 29.3 Å². The van der Waals surface area contributed by atoms with Crippen molar-refractivity contribution in [1.82, 2.24) is 0 Å². The molecule has 3 rings (SSSR count). The summed E-state index contributed by atoms with van der Waals surface area (Å²) < 4.78 is 0. The maximum atomic E-state index is 10.2. The zero-order chi connectivity index (χ0) is 12.0. The number of benzene rings is 1. The van der Waals surface area contributed by atoms with Gasteiger partial charge in [-0.2, -0.15) is 0 Å². The second kappa shape index (κ2) is 3.74. The maximum absolute atomic E-state index is 10.2. The molecule has 1 aromatic carbocycles. The van der Waals surface area contributed by atoms with Crippen LogP contribution in [-0.4, -0.2) is 17.7 Å². The van der Waals surface area contributed by atoms with E-state index in [-0.39, 0.29) is 0 Å². The van der Waals surface area contributed by atoms with Gasteiger partial charge in [0, 0.05) is 18.3 Å². The van der Waals surface area contributed by atoms with E-state index in [0.29, 0.717) is 0 Å². The van der Waals surface area contributed by atoms with Crippen molar-refractivity contribution in [2.45, 2.75) is 51.2 Å². The van der Waals surface area contributed by atoms with Crippen molar-refractivity contribution >= 4 is 5.69 Å². The Morgan fingerprint density at radius 1 is 1.29 bits per heavy atom. The third kappa shape index (κ3) is 1.75. The second-order valence-corrected chi connectivity index (χ2v) is 5.89. The van der Waals surface area contributed by atoms with Crippen LogP contribution >= 0.6 is 0 Å². The minimum Gasteiger partial charge on any atom is -0.386 e. The third-order valence-corrected chi connectivity index (χ3v) is 4.24.